The molecule has 136 valence electrons. The normalized spacial score (nSPS) is 17.8. The van der Waals surface area contributed by atoms with Crippen LogP contribution in [-0.2, 0) is 13.1 Å². The second-order valence-electron chi connectivity index (χ2n) is 7.09. The number of nitrogens with zero attached hydrogens (tertiary/aromatic N) is 2. The molecule has 1 aromatic carbocycles. The molecule has 0 spiro atoms. The van der Waals surface area contributed by atoms with Crippen molar-refractivity contribution in [3.63, 3.8) is 0 Å². The van der Waals surface area contributed by atoms with Gasteiger partial charge in [-0.2, -0.15) is 0 Å². The zero-order valence-electron chi connectivity index (χ0n) is 15.1. The molecule has 1 fully saturated rings. The van der Waals surface area contributed by atoms with E-state index in [0.717, 1.165) is 47.4 Å². The Morgan fingerprint density at radius 1 is 1.27 bits per heavy atom. The number of aliphatic hydroxyl groups excluding tert-OH is 1. The molecule has 3 heterocycles. The Morgan fingerprint density at radius 2 is 2.19 bits per heavy atom. The van der Waals surface area contributed by atoms with E-state index in [2.05, 4.69) is 41.4 Å². The lowest BCUT2D eigenvalue weighted by Gasteiger charge is -2.32. The van der Waals surface area contributed by atoms with E-state index in [0.29, 0.717) is 19.6 Å². The van der Waals surface area contributed by atoms with Crippen LogP contribution < -0.4 is 10.2 Å². The predicted molar refractivity (Wildman–Crippen MR) is 103 cm³/mol. The number of piperidine rings is 1. The number of pyridine rings is 1. The van der Waals surface area contributed by atoms with Crippen LogP contribution in [0.4, 0.5) is 5.82 Å². The predicted octanol–water partition coefficient (Wildman–Crippen LogP) is 3.39. The lowest BCUT2D eigenvalue weighted by molar-refractivity contribution is 0.154. The highest BCUT2D eigenvalue weighted by Crippen LogP contribution is 2.27. The number of anilines is 1. The van der Waals surface area contributed by atoms with Gasteiger partial charge in [0.25, 0.3) is 0 Å². The minimum atomic E-state index is -0.275. The molecule has 4 rings (SSSR count). The first kappa shape index (κ1) is 17.1. The van der Waals surface area contributed by atoms with Crippen molar-refractivity contribution < 1.29 is 9.52 Å². The molecule has 5 heteroatoms. The van der Waals surface area contributed by atoms with Gasteiger partial charge in [0, 0.05) is 30.6 Å². The van der Waals surface area contributed by atoms with E-state index in [1.54, 1.807) is 6.26 Å². The Hall–Kier alpha value is -2.37. The van der Waals surface area contributed by atoms with Gasteiger partial charge in [0.2, 0.25) is 0 Å². The third-order valence-corrected chi connectivity index (χ3v) is 4.92. The molecule has 2 N–H and O–H groups in total. The lowest BCUT2D eigenvalue weighted by Crippen LogP contribution is -2.39. The van der Waals surface area contributed by atoms with E-state index < -0.39 is 0 Å². The van der Waals surface area contributed by atoms with Crippen molar-refractivity contribution in [1.29, 1.82) is 0 Å². The van der Waals surface area contributed by atoms with Crippen molar-refractivity contribution >= 4 is 16.7 Å². The SMILES string of the molecule is Cc1ccc2cc(CNCc3ccco3)c(N3CCC[C@H](O)C3)nc2c1. The van der Waals surface area contributed by atoms with E-state index >= 15 is 0 Å². The maximum atomic E-state index is 10.1. The van der Waals surface area contributed by atoms with Crippen LogP contribution in [0.5, 0.6) is 0 Å². The molecular formula is C21H25N3O2. The van der Waals surface area contributed by atoms with Gasteiger partial charge in [-0.15, -0.1) is 0 Å². The summed E-state index contributed by atoms with van der Waals surface area (Å²) in [4.78, 5) is 7.18. The summed E-state index contributed by atoms with van der Waals surface area (Å²) in [6, 6.07) is 12.5. The molecule has 2 aromatic heterocycles. The van der Waals surface area contributed by atoms with Crippen LogP contribution in [0.25, 0.3) is 10.9 Å². The third kappa shape index (κ3) is 3.74. The fraction of sp³-hybridized carbons (Fsp3) is 0.381. The summed E-state index contributed by atoms with van der Waals surface area (Å²) in [7, 11) is 0. The van der Waals surface area contributed by atoms with Gasteiger partial charge >= 0.3 is 0 Å². The highest BCUT2D eigenvalue weighted by atomic mass is 16.3. The number of fused-ring (bicyclic) bond motifs is 1. The summed E-state index contributed by atoms with van der Waals surface area (Å²) in [5, 5.41) is 14.7. The summed E-state index contributed by atoms with van der Waals surface area (Å²) in [5.74, 6) is 1.90. The number of rotatable bonds is 5. The summed E-state index contributed by atoms with van der Waals surface area (Å²) < 4.78 is 5.39. The average molecular weight is 351 g/mol. The van der Waals surface area contributed by atoms with E-state index in [1.807, 2.05) is 12.1 Å². The van der Waals surface area contributed by atoms with Crippen molar-refractivity contribution in [2.75, 3.05) is 18.0 Å². The second kappa shape index (κ2) is 7.48. The fourth-order valence-corrected chi connectivity index (χ4v) is 3.60. The molecule has 1 aliphatic heterocycles. The maximum Gasteiger partial charge on any atom is 0.133 e. The molecule has 0 aliphatic carbocycles. The van der Waals surface area contributed by atoms with Crippen molar-refractivity contribution in [3.8, 4) is 0 Å². The zero-order chi connectivity index (χ0) is 17.9. The van der Waals surface area contributed by atoms with Crippen molar-refractivity contribution in [1.82, 2.24) is 10.3 Å². The molecule has 0 saturated carbocycles. The molecule has 5 nitrogen and oxygen atoms in total. The lowest BCUT2D eigenvalue weighted by atomic mass is 10.1. The van der Waals surface area contributed by atoms with E-state index in [4.69, 9.17) is 9.40 Å². The van der Waals surface area contributed by atoms with Crippen molar-refractivity contribution in [3.05, 3.63) is 59.5 Å². The van der Waals surface area contributed by atoms with Gasteiger partial charge in [-0.05, 0) is 49.6 Å². The van der Waals surface area contributed by atoms with Crippen LogP contribution >= 0.6 is 0 Å². The van der Waals surface area contributed by atoms with Gasteiger partial charge in [0.1, 0.15) is 11.6 Å². The fourth-order valence-electron chi connectivity index (χ4n) is 3.60. The first-order chi connectivity index (χ1) is 12.7. The molecular weight excluding hydrogens is 326 g/mol. The van der Waals surface area contributed by atoms with Crippen LogP contribution in [0, 0.1) is 6.92 Å². The van der Waals surface area contributed by atoms with Crippen LogP contribution in [0.3, 0.4) is 0 Å². The standard InChI is InChI=1S/C21H25N3O2/c1-15-6-7-16-11-17(12-22-13-19-5-3-9-26-19)21(23-20(16)10-15)24-8-2-4-18(25)14-24/h3,5-7,9-11,18,22,25H,2,4,8,12-14H2,1H3/t18-/m0/s1. The van der Waals surface area contributed by atoms with Gasteiger partial charge in [-0.25, -0.2) is 4.98 Å². The van der Waals surface area contributed by atoms with Gasteiger partial charge in [0.15, 0.2) is 0 Å². The van der Waals surface area contributed by atoms with Crippen LogP contribution in [0.2, 0.25) is 0 Å². The molecule has 1 saturated heterocycles. The summed E-state index contributed by atoms with van der Waals surface area (Å²) in [6.45, 7) is 5.06. The van der Waals surface area contributed by atoms with Gasteiger partial charge < -0.3 is 19.7 Å². The van der Waals surface area contributed by atoms with Crippen molar-refractivity contribution in [2.45, 2.75) is 39.0 Å². The number of aliphatic hydroxyl groups is 1. The van der Waals surface area contributed by atoms with Gasteiger partial charge in [-0.1, -0.05) is 12.1 Å². The van der Waals surface area contributed by atoms with E-state index in [1.165, 1.54) is 5.56 Å². The highest BCUT2D eigenvalue weighted by Gasteiger charge is 2.21. The maximum absolute atomic E-state index is 10.1. The largest absolute Gasteiger partial charge is 0.468 e. The van der Waals surface area contributed by atoms with Gasteiger partial charge in [-0.3, -0.25) is 0 Å². The average Bonchev–Trinajstić information content (AvgIpc) is 3.15. The Balaban J connectivity index is 1.63. The minimum Gasteiger partial charge on any atom is -0.468 e. The number of aryl methyl sites for hydroxylation is 1. The molecule has 0 amide bonds. The van der Waals surface area contributed by atoms with Gasteiger partial charge in [0.05, 0.1) is 24.4 Å². The zero-order valence-corrected chi connectivity index (χ0v) is 15.1. The highest BCUT2D eigenvalue weighted by molar-refractivity contribution is 5.82. The van der Waals surface area contributed by atoms with Crippen LogP contribution in [0.1, 0.15) is 29.7 Å². The Bertz CT molecular complexity index is 876. The summed E-state index contributed by atoms with van der Waals surface area (Å²) >= 11 is 0. The summed E-state index contributed by atoms with van der Waals surface area (Å²) in [5.41, 5.74) is 3.37. The number of hydrogen-bond donors (Lipinski definition) is 2. The summed E-state index contributed by atoms with van der Waals surface area (Å²) in [6.07, 6.45) is 3.28. The number of β-amino-alcohol motifs (C(OH)–C–C–N with tert-alkyl or cyclic N) is 1. The number of furan rings is 1. The Labute approximate surface area is 153 Å². The monoisotopic (exact) mass is 351 g/mol. The second-order valence-corrected chi connectivity index (χ2v) is 7.09. The minimum absolute atomic E-state index is 0.275. The van der Waals surface area contributed by atoms with Crippen LogP contribution in [0.15, 0.2) is 47.1 Å². The molecule has 0 radical (unpaired) electrons. The topological polar surface area (TPSA) is 61.5 Å². The molecule has 26 heavy (non-hydrogen) atoms. The Kier molecular flexibility index (Phi) is 4.91. The van der Waals surface area contributed by atoms with Crippen molar-refractivity contribution in [2.24, 2.45) is 0 Å². The van der Waals surface area contributed by atoms with E-state index in [9.17, 15) is 5.11 Å². The molecule has 1 aliphatic rings. The quantitative estimate of drug-likeness (QED) is 0.738. The number of aromatic nitrogens is 1. The number of nitrogens with one attached hydrogen (secondary N) is 1. The third-order valence-electron chi connectivity index (χ3n) is 4.92. The van der Waals surface area contributed by atoms with E-state index in [-0.39, 0.29) is 6.10 Å². The smallest absolute Gasteiger partial charge is 0.133 e. The first-order valence-corrected chi connectivity index (χ1v) is 9.25. The Morgan fingerprint density at radius 3 is 3.00 bits per heavy atom. The molecule has 1 atom stereocenters. The molecule has 0 bridgehead atoms. The molecule has 3 aromatic rings. The number of benzene rings is 1. The van der Waals surface area contributed by atoms with Crippen LogP contribution in [-0.4, -0.2) is 29.3 Å². The first-order valence-electron chi connectivity index (χ1n) is 9.25. The number of hydrogen-bond acceptors (Lipinski definition) is 5. The molecule has 0 unspecified atom stereocenters.